The molecule has 3 aromatic rings. The highest BCUT2D eigenvalue weighted by atomic mass is 19.2. The van der Waals surface area contributed by atoms with Gasteiger partial charge in [0.05, 0.1) is 25.0 Å². The largest absolute Gasteiger partial charge is 0.494 e. The zero-order valence-corrected chi connectivity index (χ0v) is 18.4. The van der Waals surface area contributed by atoms with Gasteiger partial charge in [-0.15, -0.1) is 0 Å². The summed E-state index contributed by atoms with van der Waals surface area (Å²) in [7, 11) is 0. The first-order chi connectivity index (χ1) is 16.1. The zero-order chi connectivity index (χ0) is 22.9. The Hall–Kier alpha value is -3.61. The summed E-state index contributed by atoms with van der Waals surface area (Å²) in [5.74, 6) is 0.204. The molecule has 5 rings (SSSR count). The normalized spacial score (nSPS) is 18.8. The molecule has 0 aliphatic carbocycles. The zero-order valence-electron chi connectivity index (χ0n) is 18.4. The van der Waals surface area contributed by atoms with E-state index in [0.29, 0.717) is 36.7 Å². The molecular weight excluding hydrogens is 426 g/mol. The minimum absolute atomic E-state index is 0.131. The van der Waals surface area contributed by atoms with Crippen LogP contribution in [0.5, 0.6) is 17.2 Å². The molecule has 0 unspecified atom stereocenters. The Balaban J connectivity index is 1.57. The summed E-state index contributed by atoms with van der Waals surface area (Å²) in [4.78, 5) is 0. The molecule has 0 radical (unpaired) electrons. The maximum atomic E-state index is 14.1. The fraction of sp³-hybridized carbons (Fsp3) is 0.269. The first-order valence-corrected chi connectivity index (χ1v) is 11.1. The lowest BCUT2D eigenvalue weighted by Gasteiger charge is -2.38. The number of hydrogen-bond acceptors (Lipinski definition) is 5. The standard InChI is InChI=1S/C26H24F2N2O3/c1-3-31-18-11-8-16(9-12-18)22-15-23-19-6-5-7-24(32-4-2)25(19)33-26(30(23)29-22)17-10-13-20(27)21(28)14-17/h5-14,23,26H,3-4,15H2,1-2H3/t23-,26-/m1/s1. The molecule has 0 saturated carbocycles. The van der Waals surface area contributed by atoms with E-state index in [9.17, 15) is 8.78 Å². The van der Waals surface area contributed by atoms with Gasteiger partial charge in [0.15, 0.2) is 23.1 Å². The molecule has 33 heavy (non-hydrogen) atoms. The molecule has 0 spiro atoms. The molecule has 0 saturated heterocycles. The first-order valence-electron chi connectivity index (χ1n) is 11.1. The summed E-state index contributed by atoms with van der Waals surface area (Å²) in [5, 5.41) is 6.70. The summed E-state index contributed by atoms with van der Waals surface area (Å²) in [5.41, 5.74) is 3.28. The molecule has 2 heterocycles. The number of hydrazone groups is 1. The number of benzene rings is 3. The predicted octanol–water partition coefficient (Wildman–Crippen LogP) is 6.00. The lowest BCUT2D eigenvalue weighted by Crippen LogP contribution is -2.34. The van der Waals surface area contributed by atoms with Gasteiger partial charge in [-0.25, -0.2) is 13.8 Å². The third kappa shape index (κ3) is 3.88. The number of para-hydroxylation sites is 1. The maximum absolute atomic E-state index is 14.1. The van der Waals surface area contributed by atoms with Gasteiger partial charge in [0, 0.05) is 17.5 Å². The van der Waals surface area contributed by atoms with Crippen LogP contribution in [0.2, 0.25) is 0 Å². The topological polar surface area (TPSA) is 43.3 Å². The molecular formula is C26H24F2N2O3. The van der Waals surface area contributed by atoms with Gasteiger partial charge in [-0.1, -0.05) is 18.2 Å². The highest BCUT2D eigenvalue weighted by Gasteiger charge is 2.42. The predicted molar refractivity (Wildman–Crippen MR) is 121 cm³/mol. The molecule has 0 N–H and O–H groups in total. The average molecular weight is 450 g/mol. The van der Waals surface area contributed by atoms with Gasteiger partial charge >= 0.3 is 0 Å². The molecule has 0 amide bonds. The fourth-order valence-electron chi connectivity index (χ4n) is 4.32. The molecule has 2 aliphatic rings. The molecule has 170 valence electrons. The van der Waals surface area contributed by atoms with E-state index in [1.165, 1.54) is 6.07 Å². The van der Waals surface area contributed by atoms with Crippen molar-refractivity contribution in [3.63, 3.8) is 0 Å². The second kappa shape index (κ2) is 8.73. The Labute approximate surface area is 191 Å². The van der Waals surface area contributed by atoms with Crippen molar-refractivity contribution in [1.82, 2.24) is 5.01 Å². The number of nitrogens with zero attached hydrogens (tertiary/aromatic N) is 2. The molecule has 2 atom stereocenters. The van der Waals surface area contributed by atoms with Crippen molar-refractivity contribution >= 4 is 5.71 Å². The van der Waals surface area contributed by atoms with Gasteiger partial charge in [0.1, 0.15) is 5.75 Å². The molecule has 5 nitrogen and oxygen atoms in total. The van der Waals surface area contributed by atoms with Gasteiger partial charge in [-0.3, -0.25) is 0 Å². The quantitative estimate of drug-likeness (QED) is 0.462. The van der Waals surface area contributed by atoms with E-state index in [-0.39, 0.29) is 6.04 Å². The van der Waals surface area contributed by atoms with Crippen LogP contribution in [0.3, 0.4) is 0 Å². The SMILES string of the molecule is CCOc1ccc(C2=NN3[C@H](C2)c2cccc(OCC)c2O[C@@H]3c2ccc(F)c(F)c2)cc1. The van der Waals surface area contributed by atoms with Gasteiger partial charge in [0.25, 0.3) is 0 Å². The van der Waals surface area contributed by atoms with Crippen LogP contribution in [-0.4, -0.2) is 23.9 Å². The van der Waals surface area contributed by atoms with Crippen LogP contribution in [0, 0.1) is 11.6 Å². The van der Waals surface area contributed by atoms with Crippen molar-refractivity contribution in [2.45, 2.75) is 32.5 Å². The van der Waals surface area contributed by atoms with Crippen molar-refractivity contribution < 1.29 is 23.0 Å². The summed E-state index contributed by atoms with van der Waals surface area (Å²) >= 11 is 0. The van der Waals surface area contributed by atoms with Gasteiger partial charge < -0.3 is 14.2 Å². The van der Waals surface area contributed by atoms with Gasteiger partial charge in [0.2, 0.25) is 6.23 Å². The number of rotatable bonds is 6. The third-order valence-electron chi connectivity index (χ3n) is 5.81. The minimum Gasteiger partial charge on any atom is -0.494 e. The molecule has 3 aromatic carbocycles. The Morgan fingerprint density at radius 2 is 1.76 bits per heavy atom. The number of halogens is 2. The smallest absolute Gasteiger partial charge is 0.214 e. The fourth-order valence-corrected chi connectivity index (χ4v) is 4.32. The average Bonchev–Trinajstić information content (AvgIpc) is 3.27. The van der Waals surface area contributed by atoms with Crippen LogP contribution in [0.15, 0.2) is 65.8 Å². The van der Waals surface area contributed by atoms with Crippen LogP contribution >= 0.6 is 0 Å². The van der Waals surface area contributed by atoms with Crippen LogP contribution in [0.25, 0.3) is 0 Å². The summed E-state index contributed by atoms with van der Waals surface area (Å²) < 4.78 is 45.4. The van der Waals surface area contributed by atoms with E-state index >= 15 is 0 Å². The highest BCUT2D eigenvalue weighted by molar-refractivity contribution is 6.02. The van der Waals surface area contributed by atoms with Gasteiger partial charge in [-0.2, -0.15) is 5.10 Å². The van der Waals surface area contributed by atoms with Crippen LogP contribution in [-0.2, 0) is 0 Å². The monoisotopic (exact) mass is 450 g/mol. The van der Waals surface area contributed by atoms with Crippen LogP contribution in [0.1, 0.15) is 49.2 Å². The second-order valence-electron chi connectivity index (χ2n) is 7.86. The minimum atomic E-state index is -0.925. The van der Waals surface area contributed by atoms with Crippen molar-refractivity contribution in [2.24, 2.45) is 5.10 Å². The van der Waals surface area contributed by atoms with E-state index in [2.05, 4.69) is 0 Å². The molecule has 0 fully saturated rings. The summed E-state index contributed by atoms with van der Waals surface area (Å²) in [6, 6.07) is 17.2. The second-order valence-corrected chi connectivity index (χ2v) is 7.86. The van der Waals surface area contributed by atoms with Crippen molar-refractivity contribution in [3.8, 4) is 17.2 Å². The lowest BCUT2D eigenvalue weighted by atomic mass is 9.95. The Bertz CT molecular complexity index is 1200. The molecule has 0 bridgehead atoms. The molecule has 2 aliphatic heterocycles. The maximum Gasteiger partial charge on any atom is 0.214 e. The number of fused-ring (bicyclic) bond motifs is 3. The Morgan fingerprint density at radius 1 is 0.970 bits per heavy atom. The van der Waals surface area contributed by atoms with Crippen LogP contribution < -0.4 is 14.2 Å². The van der Waals surface area contributed by atoms with E-state index in [4.69, 9.17) is 19.3 Å². The summed E-state index contributed by atoms with van der Waals surface area (Å²) in [6.45, 7) is 4.93. The van der Waals surface area contributed by atoms with Crippen molar-refractivity contribution in [2.75, 3.05) is 13.2 Å². The summed E-state index contributed by atoms with van der Waals surface area (Å²) in [6.07, 6.45) is -0.0838. The molecule has 0 aromatic heterocycles. The van der Waals surface area contributed by atoms with E-state index in [0.717, 1.165) is 34.7 Å². The lowest BCUT2D eigenvalue weighted by molar-refractivity contribution is -0.0214. The van der Waals surface area contributed by atoms with E-state index in [1.807, 2.05) is 61.3 Å². The first kappa shape index (κ1) is 21.2. The van der Waals surface area contributed by atoms with E-state index in [1.54, 1.807) is 0 Å². The Kier molecular flexibility index (Phi) is 5.62. The van der Waals surface area contributed by atoms with E-state index < -0.39 is 17.9 Å². The third-order valence-corrected chi connectivity index (χ3v) is 5.81. The number of ether oxygens (including phenoxy) is 3. The highest BCUT2D eigenvalue weighted by Crippen LogP contribution is 2.50. The Morgan fingerprint density at radius 3 is 2.48 bits per heavy atom. The van der Waals surface area contributed by atoms with Gasteiger partial charge in [-0.05, 0) is 61.9 Å². The van der Waals surface area contributed by atoms with Crippen molar-refractivity contribution in [1.29, 1.82) is 0 Å². The number of hydrogen-bond donors (Lipinski definition) is 0. The molecule has 7 heteroatoms. The van der Waals surface area contributed by atoms with Crippen LogP contribution in [0.4, 0.5) is 8.78 Å². The van der Waals surface area contributed by atoms with Crippen molar-refractivity contribution in [3.05, 3.63) is 89.0 Å².